The van der Waals surface area contributed by atoms with Crippen LogP contribution in [0.5, 0.6) is 0 Å². The Hall–Kier alpha value is 2.18. The maximum absolute atomic E-state index is 14.7. The molecule has 0 amide bonds. The third kappa shape index (κ3) is 5.79. The summed E-state index contributed by atoms with van der Waals surface area (Å²) in [5.74, 6) is -19.7. The Kier molecular flexibility index (Phi) is 8.70. The van der Waals surface area contributed by atoms with Gasteiger partial charge in [0.2, 0.25) is 0 Å². The molecule has 0 N–H and O–H groups in total. The Morgan fingerprint density at radius 2 is 0.742 bits per heavy atom. The second kappa shape index (κ2) is 8.64. The molecule has 0 aromatic rings. The lowest BCUT2D eigenvalue weighted by Crippen LogP contribution is -2.74. The summed E-state index contributed by atoms with van der Waals surface area (Å²) in [6.07, 6.45) is -12.9. The summed E-state index contributed by atoms with van der Waals surface area (Å²) in [6, 6.07) is 0. The van der Waals surface area contributed by atoms with Crippen LogP contribution < -0.4 is 0 Å². The second-order valence-corrected chi connectivity index (χ2v) is 12.0. The fraction of sp³-hybridized carbons (Fsp3) is 1.00. The predicted molar refractivity (Wildman–Crippen MR) is 96.3 cm³/mol. The molecule has 0 saturated carbocycles. The van der Waals surface area contributed by atoms with E-state index in [2.05, 4.69) is 18.9 Å². The molecular weight excluding hydrogens is 679 g/mol. The number of hydrogen-bond donors (Lipinski definition) is 0. The highest BCUT2D eigenvalue weighted by Crippen LogP contribution is 2.67. The maximum Gasteiger partial charge on any atom is 0.428 e. The highest BCUT2D eigenvalue weighted by molar-refractivity contribution is 6.66. The Morgan fingerprint density at radius 1 is 0.516 bits per heavy atom. The van der Waals surface area contributed by atoms with Gasteiger partial charge in [-0.15, -0.1) is 0 Å². The predicted octanol–water partition coefficient (Wildman–Crippen LogP) is 8.14. The minimum absolute atomic E-state index is 3.06. The number of alkyl halides is 18. The van der Waals surface area contributed by atoms with E-state index in [1.807, 2.05) is 0 Å². The molecule has 186 valence electrons. The van der Waals surface area contributed by atoms with Gasteiger partial charge in [0.25, 0.3) is 9.04 Å². The van der Waals surface area contributed by atoms with Crippen molar-refractivity contribution in [2.75, 3.05) is 0 Å². The molecule has 0 aromatic heterocycles. The first-order chi connectivity index (χ1) is 13.1. The Bertz CT molecular complexity index is 636. The third-order valence-corrected chi connectivity index (χ3v) is 5.15. The summed E-state index contributed by atoms with van der Waals surface area (Å²) >= 11 is 49.4. The van der Waals surface area contributed by atoms with Gasteiger partial charge in [-0.2, -0.15) is 35.1 Å². The molecule has 4 nitrogen and oxygen atoms in total. The van der Waals surface area contributed by atoms with Gasteiger partial charge in [0, 0.05) is 0 Å². The highest BCUT2D eigenvalue weighted by atomic mass is 35.6. The van der Waals surface area contributed by atoms with Crippen molar-refractivity contribution < 1.29 is 54.1 Å². The molecule has 0 radical (unpaired) electrons. The van der Waals surface area contributed by atoms with Crippen molar-refractivity contribution in [1.29, 1.82) is 0 Å². The molecular formula is C9Cl10F8O4. The fourth-order valence-corrected chi connectivity index (χ4v) is 2.93. The lowest BCUT2D eigenvalue weighted by molar-refractivity contribution is -0.504. The minimum Gasteiger partial charge on any atom is -0.298 e. The smallest absolute Gasteiger partial charge is 0.298 e. The van der Waals surface area contributed by atoms with E-state index in [0.29, 0.717) is 0 Å². The first kappa shape index (κ1) is 31.2. The molecule has 1 aliphatic rings. The van der Waals surface area contributed by atoms with Crippen molar-refractivity contribution >= 4 is 116 Å². The minimum atomic E-state index is -6.83. The molecule has 0 aliphatic carbocycles. The van der Waals surface area contributed by atoms with Gasteiger partial charge in [0.05, 0.1) is 0 Å². The molecule has 1 fully saturated rings. The van der Waals surface area contributed by atoms with Crippen molar-refractivity contribution in [2.24, 2.45) is 0 Å². The number of halogens is 18. The molecule has 1 heterocycles. The summed E-state index contributed by atoms with van der Waals surface area (Å²) in [5.41, 5.74) is 0. The Labute approximate surface area is 215 Å². The summed E-state index contributed by atoms with van der Waals surface area (Å²) in [5, 5.41) is 0. The van der Waals surface area contributed by atoms with E-state index in [1.54, 1.807) is 0 Å². The zero-order valence-electron chi connectivity index (χ0n) is 12.9. The molecule has 1 rings (SSSR count). The number of ether oxygens (including phenoxy) is 4. The Morgan fingerprint density at radius 3 is 0.935 bits per heavy atom. The van der Waals surface area contributed by atoms with Crippen molar-refractivity contribution in [3.63, 3.8) is 0 Å². The quantitative estimate of drug-likeness (QED) is 0.210. The molecule has 0 aromatic carbocycles. The average molecular weight is 679 g/mol. The molecule has 1 saturated heterocycles. The summed E-state index contributed by atoms with van der Waals surface area (Å²) in [7, 11) is 0. The van der Waals surface area contributed by atoms with Crippen LogP contribution in [-0.2, 0) is 18.9 Å². The van der Waals surface area contributed by atoms with Gasteiger partial charge >= 0.3 is 37.8 Å². The summed E-state index contributed by atoms with van der Waals surface area (Å²) < 4.78 is 114. The zero-order chi connectivity index (χ0) is 25.3. The van der Waals surface area contributed by atoms with Gasteiger partial charge in [-0.3, -0.25) is 18.9 Å². The monoisotopic (exact) mass is 674 g/mol. The number of hydrogen-bond acceptors (Lipinski definition) is 4. The van der Waals surface area contributed by atoms with Crippen LogP contribution >= 0.6 is 116 Å². The molecule has 31 heavy (non-hydrogen) atoms. The van der Waals surface area contributed by atoms with Crippen molar-refractivity contribution in [3.05, 3.63) is 0 Å². The van der Waals surface area contributed by atoms with Crippen LogP contribution in [-0.4, -0.2) is 46.8 Å². The molecule has 0 bridgehead atoms. The van der Waals surface area contributed by atoms with E-state index in [1.165, 1.54) is 0 Å². The molecule has 0 unspecified atom stereocenters. The lowest BCUT2D eigenvalue weighted by Gasteiger charge is -2.44. The van der Waals surface area contributed by atoms with Crippen LogP contribution in [0.15, 0.2) is 0 Å². The van der Waals surface area contributed by atoms with Gasteiger partial charge in [0.15, 0.2) is 0 Å². The number of rotatable bonds is 6. The average Bonchev–Trinajstić information content (AvgIpc) is 2.59. The molecule has 22 heteroatoms. The van der Waals surface area contributed by atoms with Crippen molar-refractivity contribution in [3.8, 4) is 0 Å². The summed E-state index contributed by atoms with van der Waals surface area (Å²) in [4.78, 5) is 0. The highest BCUT2D eigenvalue weighted by Gasteiger charge is 2.93. The van der Waals surface area contributed by atoms with Crippen LogP contribution in [0, 0.1) is 0 Å². The molecule has 0 atom stereocenters. The van der Waals surface area contributed by atoms with Crippen LogP contribution in [0.25, 0.3) is 0 Å². The van der Waals surface area contributed by atoms with Crippen LogP contribution in [0.3, 0.4) is 0 Å². The SMILES string of the molecule is FC(F)(OC(Cl)(Cl)Cl)C(F)(F)C1(C(F)(F)C(F)(F)OC(Cl)(Cl)Cl)OC(Cl)(Cl)C(Cl)(Cl)O1. The zero-order valence-corrected chi connectivity index (χ0v) is 20.5. The van der Waals surface area contributed by atoms with E-state index >= 15 is 0 Å². The van der Waals surface area contributed by atoms with Gasteiger partial charge in [0.1, 0.15) is 0 Å². The van der Waals surface area contributed by atoms with E-state index in [9.17, 15) is 35.1 Å². The second-order valence-electron chi connectivity index (χ2n) is 5.13. The first-order valence-electron chi connectivity index (χ1n) is 6.28. The van der Waals surface area contributed by atoms with Crippen LogP contribution in [0.4, 0.5) is 35.1 Å². The van der Waals surface area contributed by atoms with E-state index in [0.717, 1.165) is 0 Å². The third-order valence-electron chi connectivity index (χ3n) is 2.93. The van der Waals surface area contributed by atoms with Crippen molar-refractivity contribution in [1.82, 2.24) is 0 Å². The Balaban J connectivity index is 3.85. The van der Waals surface area contributed by atoms with Gasteiger partial charge in [-0.1, -0.05) is 116 Å². The lowest BCUT2D eigenvalue weighted by atomic mass is 9.98. The first-order valence-corrected chi connectivity index (χ1v) is 10.1. The fourth-order valence-electron chi connectivity index (χ4n) is 1.76. The van der Waals surface area contributed by atoms with Crippen LogP contribution in [0.2, 0.25) is 0 Å². The normalized spacial score (nSPS) is 22.6. The van der Waals surface area contributed by atoms with Crippen molar-refractivity contribution in [2.45, 2.75) is 46.8 Å². The maximum atomic E-state index is 14.7. The van der Waals surface area contributed by atoms with E-state index in [-0.39, 0.29) is 0 Å². The van der Waals surface area contributed by atoms with Gasteiger partial charge in [-0.25, -0.2) is 0 Å². The summed E-state index contributed by atoms with van der Waals surface area (Å²) in [6.45, 7) is 0. The topological polar surface area (TPSA) is 36.9 Å². The van der Waals surface area contributed by atoms with Gasteiger partial charge < -0.3 is 0 Å². The molecule has 0 spiro atoms. The van der Waals surface area contributed by atoms with E-state index in [4.69, 9.17) is 116 Å². The molecule has 1 aliphatic heterocycles. The van der Waals surface area contributed by atoms with Gasteiger partial charge in [-0.05, 0) is 0 Å². The standard InChI is InChI=1S/C9Cl10F8O4/c10-4(11)5(12,13)29-3(28-4,1(20,21)6(24,25)30-8(14,15)16)2(22,23)7(26,27)31-9(17,18)19. The van der Waals surface area contributed by atoms with E-state index < -0.39 is 46.8 Å². The van der Waals surface area contributed by atoms with Crippen LogP contribution in [0.1, 0.15) is 0 Å². The largest absolute Gasteiger partial charge is 0.428 e.